The molecule has 4 heteroatoms. The van der Waals surface area contributed by atoms with Gasteiger partial charge in [0.05, 0.1) is 5.54 Å². The molecule has 1 aliphatic heterocycles. The maximum absolute atomic E-state index is 11.6. The van der Waals surface area contributed by atoms with Crippen molar-refractivity contribution >= 4 is 5.91 Å². The van der Waals surface area contributed by atoms with Gasteiger partial charge >= 0.3 is 0 Å². The van der Waals surface area contributed by atoms with Crippen LogP contribution in [0.5, 0.6) is 0 Å². The van der Waals surface area contributed by atoms with Gasteiger partial charge in [0.25, 0.3) is 0 Å². The van der Waals surface area contributed by atoms with Gasteiger partial charge in [-0.05, 0) is 59.0 Å². The molecule has 1 amide bonds. The number of carbonyl (C=O) groups is 1. The number of hydrogen-bond donors (Lipinski definition) is 2. The Morgan fingerprint density at radius 2 is 2.22 bits per heavy atom. The molecule has 1 aliphatic rings. The van der Waals surface area contributed by atoms with E-state index in [0.29, 0.717) is 0 Å². The highest BCUT2D eigenvalue weighted by Crippen LogP contribution is 2.18. The van der Waals surface area contributed by atoms with Crippen LogP contribution in [0.2, 0.25) is 0 Å². The van der Waals surface area contributed by atoms with E-state index >= 15 is 0 Å². The number of rotatable bonds is 7. The van der Waals surface area contributed by atoms with Crippen molar-refractivity contribution < 1.29 is 4.79 Å². The standard InChI is InChI=1S/C14H29N3O/c1-11(2)16-14(4,13(15)18)7-5-8-17-9-6-12(3)10-17/h11-12,16H,5-10H2,1-4H3,(H2,15,18). The molecule has 0 bridgehead atoms. The quantitative estimate of drug-likeness (QED) is 0.722. The Bertz CT molecular complexity index is 280. The second kappa shape index (κ2) is 6.53. The molecule has 0 aromatic rings. The molecule has 1 heterocycles. The molecule has 1 fully saturated rings. The van der Waals surface area contributed by atoms with Crippen molar-refractivity contribution in [2.24, 2.45) is 11.7 Å². The van der Waals surface area contributed by atoms with Crippen LogP contribution >= 0.6 is 0 Å². The normalized spacial score (nSPS) is 24.4. The van der Waals surface area contributed by atoms with E-state index in [2.05, 4.69) is 17.1 Å². The first-order chi connectivity index (χ1) is 8.33. The van der Waals surface area contributed by atoms with Gasteiger partial charge in [0, 0.05) is 12.6 Å². The third kappa shape index (κ3) is 4.58. The molecule has 2 unspecified atom stereocenters. The summed E-state index contributed by atoms with van der Waals surface area (Å²) in [7, 11) is 0. The molecule has 0 spiro atoms. The minimum Gasteiger partial charge on any atom is -0.368 e. The van der Waals surface area contributed by atoms with Crippen LogP contribution in [-0.2, 0) is 4.79 Å². The van der Waals surface area contributed by atoms with Crippen molar-refractivity contribution in [3.05, 3.63) is 0 Å². The van der Waals surface area contributed by atoms with Crippen LogP contribution < -0.4 is 11.1 Å². The summed E-state index contributed by atoms with van der Waals surface area (Å²) in [6.07, 6.45) is 3.13. The Morgan fingerprint density at radius 3 is 2.67 bits per heavy atom. The number of nitrogens with two attached hydrogens (primary N) is 1. The molecular weight excluding hydrogens is 226 g/mol. The second-order valence-corrected chi connectivity index (χ2v) is 6.29. The van der Waals surface area contributed by atoms with E-state index in [1.807, 2.05) is 20.8 Å². The Morgan fingerprint density at radius 1 is 1.56 bits per heavy atom. The van der Waals surface area contributed by atoms with E-state index in [1.54, 1.807) is 0 Å². The van der Waals surface area contributed by atoms with Crippen LogP contribution in [0.25, 0.3) is 0 Å². The zero-order chi connectivity index (χ0) is 13.8. The number of nitrogens with zero attached hydrogens (tertiary/aromatic N) is 1. The minimum absolute atomic E-state index is 0.244. The van der Waals surface area contributed by atoms with Gasteiger partial charge in [-0.15, -0.1) is 0 Å². The molecule has 0 aromatic heterocycles. The van der Waals surface area contributed by atoms with Gasteiger partial charge in [0.2, 0.25) is 5.91 Å². The number of likely N-dealkylation sites (tertiary alicyclic amines) is 1. The molecule has 0 aliphatic carbocycles. The van der Waals surface area contributed by atoms with Gasteiger partial charge in [-0.1, -0.05) is 6.92 Å². The van der Waals surface area contributed by atoms with Gasteiger partial charge in [0.1, 0.15) is 0 Å². The maximum atomic E-state index is 11.6. The molecule has 3 N–H and O–H groups in total. The Kier molecular flexibility index (Phi) is 5.60. The molecule has 0 saturated carbocycles. The van der Waals surface area contributed by atoms with E-state index in [4.69, 9.17) is 5.73 Å². The average Bonchev–Trinajstić information content (AvgIpc) is 2.63. The second-order valence-electron chi connectivity index (χ2n) is 6.29. The molecule has 1 rings (SSSR count). The van der Waals surface area contributed by atoms with E-state index in [0.717, 1.165) is 25.3 Å². The lowest BCUT2D eigenvalue weighted by molar-refractivity contribution is -0.124. The van der Waals surface area contributed by atoms with Gasteiger partial charge in [-0.3, -0.25) is 4.79 Å². The lowest BCUT2D eigenvalue weighted by Gasteiger charge is -2.30. The summed E-state index contributed by atoms with van der Waals surface area (Å²) in [6, 6.07) is 0.273. The number of nitrogens with one attached hydrogen (secondary N) is 1. The fourth-order valence-electron chi connectivity index (χ4n) is 2.79. The Balaban J connectivity index is 2.36. The number of amides is 1. The molecule has 1 saturated heterocycles. The highest BCUT2D eigenvalue weighted by atomic mass is 16.1. The van der Waals surface area contributed by atoms with Crippen molar-refractivity contribution in [1.29, 1.82) is 0 Å². The summed E-state index contributed by atoms with van der Waals surface area (Å²) in [5.41, 5.74) is 4.95. The monoisotopic (exact) mass is 255 g/mol. The van der Waals surface area contributed by atoms with Crippen molar-refractivity contribution in [3.8, 4) is 0 Å². The highest BCUT2D eigenvalue weighted by molar-refractivity contribution is 5.84. The van der Waals surface area contributed by atoms with Crippen LogP contribution in [0.4, 0.5) is 0 Å². The van der Waals surface area contributed by atoms with Crippen molar-refractivity contribution in [1.82, 2.24) is 10.2 Å². The van der Waals surface area contributed by atoms with Crippen molar-refractivity contribution in [2.45, 2.75) is 58.5 Å². The largest absolute Gasteiger partial charge is 0.368 e. The van der Waals surface area contributed by atoms with Gasteiger partial charge < -0.3 is 16.0 Å². The van der Waals surface area contributed by atoms with Crippen LogP contribution in [0.15, 0.2) is 0 Å². The SMILES string of the molecule is CC1CCN(CCCC(C)(NC(C)C)C(N)=O)C1. The summed E-state index contributed by atoms with van der Waals surface area (Å²) in [4.78, 5) is 14.1. The lowest BCUT2D eigenvalue weighted by Crippen LogP contribution is -2.55. The van der Waals surface area contributed by atoms with Crippen molar-refractivity contribution in [2.75, 3.05) is 19.6 Å². The summed E-state index contributed by atoms with van der Waals surface area (Å²) < 4.78 is 0. The fourth-order valence-corrected chi connectivity index (χ4v) is 2.79. The van der Waals surface area contributed by atoms with E-state index < -0.39 is 5.54 Å². The number of carbonyl (C=O) groups excluding carboxylic acids is 1. The molecule has 106 valence electrons. The predicted molar refractivity (Wildman–Crippen MR) is 75.3 cm³/mol. The van der Waals surface area contributed by atoms with Gasteiger partial charge in [0.15, 0.2) is 0 Å². The fraction of sp³-hybridized carbons (Fsp3) is 0.929. The topological polar surface area (TPSA) is 58.4 Å². The molecular formula is C14H29N3O. The first-order valence-electron chi connectivity index (χ1n) is 7.13. The van der Waals surface area contributed by atoms with Crippen molar-refractivity contribution in [3.63, 3.8) is 0 Å². The first-order valence-corrected chi connectivity index (χ1v) is 7.13. The Labute approximate surface area is 111 Å². The maximum Gasteiger partial charge on any atom is 0.237 e. The lowest BCUT2D eigenvalue weighted by atomic mass is 9.94. The van der Waals surface area contributed by atoms with Gasteiger partial charge in [-0.2, -0.15) is 0 Å². The minimum atomic E-state index is -0.570. The predicted octanol–water partition coefficient (Wildman–Crippen LogP) is 1.35. The summed E-state index contributed by atoms with van der Waals surface area (Å²) in [5.74, 6) is 0.576. The molecule has 0 radical (unpaired) electrons. The van der Waals surface area contributed by atoms with E-state index in [1.165, 1.54) is 19.5 Å². The number of primary amides is 1. The molecule has 4 nitrogen and oxygen atoms in total. The molecule has 18 heavy (non-hydrogen) atoms. The zero-order valence-electron chi connectivity index (χ0n) is 12.3. The summed E-state index contributed by atoms with van der Waals surface area (Å²) in [6.45, 7) is 11.8. The third-order valence-corrected chi connectivity index (χ3v) is 3.81. The summed E-state index contributed by atoms with van der Waals surface area (Å²) >= 11 is 0. The molecule has 2 atom stereocenters. The zero-order valence-corrected chi connectivity index (χ0v) is 12.3. The Hall–Kier alpha value is -0.610. The van der Waals surface area contributed by atoms with E-state index in [-0.39, 0.29) is 11.9 Å². The number of hydrogen-bond acceptors (Lipinski definition) is 3. The van der Waals surface area contributed by atoms with Gasteiger partial charge in [-0.25, -0.2) is 0 Å². The third-order valence-electron chi connectivity index (χ3n) is 3.81. The average molecular weight is 255 g/mol. The van der Waals surface area contributed by atoms with Crippen LogP contribution in [0, 0.1) is 5.92 Å². The first kappa shape index (κ1) is 15.4. The van der Waals surface area contributed by atoms with Crippen LogP contribution in [0.3, 0.4) is 0 Å². The molecule has 0 aromatic carbocycles. The highest BCUT2D eigenvalue weighted by Gasteiger charge is 2.31. The van der Waals surface area contributed by atoms with E-state index in [9.17, 15) is 4.79 Å². The van der Waals surface area contributed by atoms with Crippen LogP contribution in [-0.4, -0.2) is 42.0 Å². The smallest absolute Gasteiger partial charge is 0.237 e. The summed E-state index contributed by atoms with van der Waals surface area (Å²) in [5, 5.41) is 3.30. The van der Waals surface area contributed by atoms with Crippen LogP contribution in [0.1, 0.15) is 47.0 Å².